The molecule has 0 fully saturated rings. The van der Waals surface area contributed by atoms with Crippen molar-refractivity contribution >= 4 is 11.9 Å². The van der Waals surface area contributed by atoms with Gasteiger partial charge in [0.2, 0.25) is 0 Å². The van der Waals surface area contributed by atoms with Gasteiger partial charge >= 0.3 is 11.9 Å². The van der Waals surface area contributed by atoms with Gasteiger partial charge in [-0.3, -0.25) is 0 Å². The molecule has 2 aliphatic rings. The second-order valence-corrected chi connectivity index (χ2v) is 3.32. The quantitative estimate of drug-likeness (QED) is 0.573. The van der Waals surface area contributed by atoms with Crippen molar-refractivity contribution < 1.29 is 19.1 Å². The molecule has 0 atom stereocenters. The van der Waals surface area contributed by atoms with Crippen molar-refractivity contribution in [1.82, 2.24) is 0 Å². The molecule has 0 saturated carbocycles. The zero-order valence-electron chi connectivity index (χ0n) is 7.20. The van der Waals surface area contributed by atoms with Crippen LogP contribution in [-0.4, -0.2) is 11.9 Å². The highest BCUT2D eigenvalue weighted by Gasteiger charge is 2.28. The minimum atomic E-state index is -0.317. The number of ether oxygens (including phenoxy) is 2. The van der Waals surface area contributed by atoms with Gasteiger partial charge in [-0.2, -0.15) is 0 Å². The summed E-state index contributed by atoms with van der Waals surface area (Å²) in [6.07, 6.45) is 0. The van der Waals surface area contributed by atoms with Crippen molar-refractivity contribution in [2.45, 2.75) is 13.2 Å². The number of hydrogen-bond acceptors (Lipinski definition) is 4. The Labute approximate surface area is 79.4 Å². The van der Waals surface area contributed by atoms with Gasteiger partial charge in [0.1, 0.15) is 13.2 Å². The lowest BCUT2D eigenvalue weighted by atomic mass is 10.0. The molecule has 14 heavy (non-hydrogen) atoms. The SMILES string of the molecule is O=C1OCc2cc3c(cc21)COC3=O. The zero-order valence-corrected chi connectivity index (χ0v) is 7.20. The van der Waals surface area contributed by atoms with Gasteiger partial charge in [-0.15, -0.1) is 0 Å². The van der Waals surface area contributed by atoms with E-state index in [2.05, 4.69) is 0 Å². The maximum Gasteiger partial charge on any atom is 0.338 e. The van der Waals surface area contributed by atoms with E-state index in [4.69, 9.17) is 9.47 Å². The Hall–Kier alpha value is -1.84. The molecule has 0 N–H and O–H groups in total. The van der Waals surface area contributed by atoms with E-state index < -0.39 is 0 Å². The van der Waals surface area contributed by atoms with Crippen LogP contribution in [0.3, 0.4) is 0 Å². The molecule has 3 rings (SSSR count). The predicted molar refractivity (Wildman–Crippen MR) is 44.7 cm³/mol. The first-order chi connectivity index (χ1) is 6.75. The fourth-order valence-corrected chi connectivity index (χ4v) is 1.75. The Morgan fingerprint density at radius 1 is 0.857 bits per heavy atom. The summed E-state index contributed by atoms with van der Waals surface area (Å²) >= 11 is 0. The second kappa shape index (κ2) is 2.35. The van der Waals surface area contributed by atoms with Crippen molar-refractivity contribution in [3.63, 3.8) is 0 Å². The Morgan fingerprint density at radius 3 is 1.71 bits per heavy atom. The number of cyclic esters (lactones) is 2. The topological polar surface area (TPSA) is 52.6 Å². The molecule has 1 aromatic carbocycles. The van der Waals surface area contributed by atoms with Gasteiger partial charge in [-0.25, -0.2) is 9.59 Å². The van der Waals surface area contributed by atoms with E-state index in [1.165, 1.54) is 0 Å². The third-order valence-electron chi connectivity index (χ3n) is 2.49. The van der Waals surface area contributed by atoms with E-state index in [1.807, 2.05) is 0 Å². The maximum atomic E-state index is 11.2. The predicted octanol–water partition coefficient (Wildman–Crippen LogP) is 1.03. The molecular weight excluding hydrogens is 184 g/mol. The molecule has 70 valence electrons. The summed E-state index contributed by atoms with van der Waals surface area (Å²) in [6.45, 7) is 0.517. The zero-order chi connectivity index (χ0) is 9.71. The summed E-state index contributed by atoms with van der Waals surface area (Å²) < 4.78 is 9.69. The van der Waals surface area contributed by atoms with E-state index in [0.29, 0.717) is 11.1 Å². The second-order valence-electron chi connectivity index (χ2n) is 3.32. The van der Waals surface area contributed by atoms with E-state index in [0.717, 1.165) is 11.1 Å². The molecule has 0 saturated heterocycles. The van der Waals surface area contributed by atoms with E-state index in [1.54, 1.807) is 12.1 Å². The molecule has 4 heteroatoms. The van der Waals surface area contributed by atoms with Crippen LogP contribution < -0.4 is 0 Å². The van der Waals surface area contributed by atoms with Crippen LogP contribution >= 0.6 is 0 Å². The van der Waals surface area contributed by atoms with Crippen LogP contribution in [0.15, 0.2) is 12.1 Å². The first-order valence-corrected chi connectivity index (χ1v) is 4.26. The van der Waals surface area contributed by atoms with E-state index >= 15 is 0 Å². The molecule has 0 unspecified atom stereocenters. The highest BCUT2D eigenvalue weighted by atomic mass is 16.5. The number of carbonyl (C=O) groups is 2. The third kappa shape index (κ3) is 0.824. The van der Waals surface area contributed by atoms with Crippen molar-refractivity contribution in [2.75, 3.05) is 0 Å². The molecule has 0 aromatic heterocycles. The largest absolute Gasteiger partial charge is 0.457 e. The van der Waals surface area contributed by atoms with Gasteiger partial charge in [0.05, 0.1) is 11.1 Å². The average molecular weight is 190 g/mol. The van der Waals surface area contributed by atoms with Crippen molar-refractivity contribution in [3.05, 3.63) is 34.4 Å². The molecule has 1 aromatic rings. The third-order valence-corrected chi connectivity index (χ3v) is 2.49. The first kappa shape index (κ1) is 7.55. The van der Waals surface area contributed by atoms with Crippen molar-refractivity contribution in [3.8, 4) is 0 Å². The monoisotopic (exact) mass is 190 g/mol. The fraction of sp³-hybridized carbons (Fsp3) is 0.200. The lowest BCUT2D eigenvalue weighted by Crippen LogP contribution is -1.97. The van der Waals surface area contributed by atoms with Crippen LogP contribution in [0.1, 0.15) is 31.8 Å². The summed E-state index contributed by atoms with van der Waals surface area (Å²) in [7, 11) is 0. The number of esters is 2. The van der Waals surface area contributed by atoms with Crippen LogP contribution in [0.4, 0.5) is 0 Å². The van der Waals surface area contributed by atoms with Gasteiger partial charge in [-0.1, -0.05) is 0 Å². The minimum absolute atomic E-state index is 0.259. The highest BCUT2D eigenvalue weighted by Crippen LogP contribution is 2.28. The lowest BCUT2D eigenvalue weighted by molar-refractivity contribution is 0.0534. The molecule has 0 radical (unpaired) electrons. The molecular formula is C10H6O4. The van der Waals surface area contributed by atoms with Gasteiger partial charge in [0, 0.05) is 11.1 Å². The summed E-state index contributed by atoms with van der Waals surface area (Å²) in [6, 6.07) is 3.37. The van der Waals surface area contributed by atoms with Gasteiger partial charge in [0.15, 0.2) is 0 Å². The van der Waals surface area contributed by atoms with Crippen molar-refractivity contribution in [1.29, 1.82) is 0 Å². The summed E-state index contributed by atoms with van der Waals surface area (Å²) in [5.41, 5.74) is 2.66. The standard InChI is InChI=1S/C10H6O4/c11-9-7-1-5-3-13-10(12)8(5)2-6(7)4-14-9/h1-2H,3-4H2. The van der Waals surface area contributed by atoms with Crippen LogP contribution in [-0.2, 0) is 22.7 Å². The average Bonchev–Trinajstić information content (AvgIpc) is 2.71. The molecule has 0 aliphatic carbocycles. The number of benzene rings is 1. The lowest BCUT2D eigenvalue weighted by Gasteiger charge is -1.96. The molecule has 2 heterocycles. The summed E-state index contributed by atoms with van der Waals surface area (Å²) in [4.78, 5) is 22.4. The van der Waals surface area contributed by atoms with Crippen LogP contribution in [0.5, 0.6) is 0 Å². The summed E-state index contributed by atoms with van der Waals surface area (Å²) in [5.74, 6) is -0.635. The normalized spacial score (nSPS) is 17.4. The Kier molecular flexibility index (Phi) is 1.27. The summed E-state index contributed by atoms with van der Waals surface area (Å²) in [5, 5.41) is 0. The van der Waals surface area contributed by atoms with E-state index in [-0.39, 0.29) is 25.2 Å². The Bertz CT molecular complexity index is 418. The first-order valence-electron chi connectivity index (χ1n) is 4.26. The fourth-order valence-electron chi connectivity index (χ4n) is 1.75. The molecule has 2 aliphatic heterocycles. The molecule has 0 bridgehead atoms. The molecule has 0 spiro atoms. The van der Waals surface area contributed by atoms with Gasteiger partial charge < -0.3 is 9.47 Å². The van der Waals surface area contributed by atoms with E-state index in [9.17, 15) is 9.59 Å². The number of hydrogen-bond donors (Lipinski definition) is 0. The number of fused-ring (bicyclic) bond motifs is 2. The van der Waals surface area contributed by atoms with Gasteiger partial charge in [0.25, 0.3) is 0 Å². The number of rotatable bonds is 0. The molecule has 0 amide bonds. The number of carbonyl (C=O) groups excluding carboxylic acids is 2. The molecule has 4 nitrogen and oxygen atoms in total. The maximum absolute atomic E-state index is 11.2. The Morgan fingerprint density at radius 2 is 1.29 bits per heavy atom. The van der Waals surface area contributed by atoms with Crippen LogP contribution in [0, 0.1) is 0 Å². The van der Waals surface area contributed by atoms with Gasteiger partial charge in [-0.05, 0) is 12.1 Å². The van der Waals surface area contributed by atoms with Crippen LogP contribution in [0.2, 0.25) is 0 Å². The minimum Gasteiger partial charge on any atom is -0.457 e. The van der Waals surface area contributed by atoms with Crippen molar-refractivity contribution in [2.24, 2.45) is 0 Å². The Balaban J connectivity index is 2.24. The highest BCUT2D eigenvalue weighted by molar-refractivity contribution is 5.98. The smallest absolute Gasteiger partial charge is 0.338 e. The van der Waals surface area contributed by atoms with Crippen LogP contribution in [0.25, 0.3) is 0 Å².